The Labute approximate surface area is 161 Å². The van der Waals surface area contributed by atoms with Gasteiger partial charge in [-0.25, -0.2) is 12.8 Å². The molecule has 2 rings (SSSR count). The van der Waals surface area contributed by atoms with Crippen LogP contribution in [0.1, 0.15) is 0 Å². The lowest BCUT2D eigenvalue weighted by atomic mass is 10.2. The van der Waals surface area contributed by atoms with Gasteiger partial charge < -0.3 is 14.2 Å². The van der Waals surface area contributed by atoms with E-state index < -0.39 is 28.4 Å². The van der Waals surface area contributed by atoms with Crippen molar-refractivity contribution in [2.45, 2.75) is 4.90 Å². The van der Waals surface area contributed by atoms with Gasteiger partial charge in [0.15, 0.2) is 0 Å². The number of nitrogens with zero attached hydrogens (tertiary/aromatic N) is 1. The number of hydrogen-bond donors (Lipinski definition) is 0. The molecule has 7 nitrogen and oxygen atoms in total. The predicted molar refractivity (Wildman–Crippen MR) is 97.5 cm³/mol. The van der Waals surface area contributed by atoms with Crippen molar-refractivity contribution >= 4 is 33.3 Å². The maximum absolute atomic E-state index is 13.2. The Morgan fingerprint density at radius 2 is 1.67 bits per heavy atom. The van der Waals surface area contributed by atoms with Crippen molar-refractivity contribution in [3.63, 3.8) is 0 Å². The van der Waals surface area contributed by atoms with Gasteiger partial charge in [0.1, 0.15) is 23.9 Å². The highest BCUT2D eigenvalue weighted by molar-refractivity contribution is 7.92. The molecule has 2 aromatic rings. The molecule has 0 fully saturated rings. The smallest absolute Gasteiger partial charge is 0.326 e. The summed E-state index contributed by atoms with van der Waals surface area (Å²) in [7, 11) is -0.450. The van der Waals surface area contributed by atoms with Crippen molar-refractivity contribution in [2.24, 2.45) is 0 Å². The van der Waals surface area contributed by atoms with Crippen molar-refractivity contribution in [3.8, 4) is 11.5 Å². The van der Waals surface area contributed by atoms with Gasteiger partial charge in [0, 0.05) is 12.1 Å². The zero-order valence-electron chi connectivity index (χ0n) is 14.7. The summed E-state index contributed by atoms with van der Waals surface area (Å²) in [6.45, 7) is -0.642. The second-order valence-electron chi connectivity index (χ2n) is 5.20. The third-order valence-electron chi connectivity index (χ3n) is 3.62. The van der Waals surface area contributed by atoms with Gasteiger partial charge in [0.25, 0.3) is 10.0 Å². The number of anilines is 1. The minimum absolute atomic E-state index is 0.00785. The van der Waals surface area contributed by atoms with Gasteiger partial charge in [-0.2, -0.15) is 0 Å². The van der Waals surface area contributed by atoms with Crippen LogP contribution in [0.4, 0.5) is 10.1 Å². The van der Waals surface area contributed by atoms with Crippen LogP contribution in [0.2, 0.25) is 5.02 Å². The number of halogens is 2. The maximum atomic E-state index is 13.2. The molecule has 0 amide bonds. The molecule has 27 heavy (non-hydrogen) atoms. The van der Waals surface area contributed by atoms with Crippen LogP contribution in [0.15, 0.2) is 41.3 Å². The third-order valence-corrected chi connectivity index (χ3v) is 5.69. The summed E-state index contributed by atoms with van der Waals surface area (Å²) < 4.78 is 55.1. The topological polar surface area (TPSA) is 82.1 Å². The van der Waals surface area contributed by atoms with Gasteiger partial charge in [-0.15, -0.1) is 0 Å². The minimum Gasteiger partial charge on any atom is -0.495 e. The number of carbonyl (C=O) groups is 1. The Kier molecular flexibility index (Phi) is 6.50. The van der Waals surface area contributed by atoms with Gasteiger partial charge in [0.2, 0.25) is 0 Å². The van der Waals surface area contributed by atoms with Crippen molar-refractivity contribution < 1.29 is 31.8 Å². The van der Waals surface area contributed by atoms with E-state index in [1.54, 1.807) is 0 Å². The number of rotatable bonds is 7. The lowest BCUT2D eigenvalue weighted by Gasteiger charge is -2.25. The summed E-state index contributed by atoms with van der Waals surface area (Å²) in [4.78, 5) is 11.6. The summed E-state index contributed by atoms with van der Waals surface area (Å²) in [5.41, 5.74) is 0.00785. The van der Waals surface area contributed by atoms with Crippen LogP contribution >= 0.6 is 11.6 Å². The van der Waals surface area contributed by atoms with Crippen LogP contribution < -0.4 is 13.8 Å². The first kappa shape index (κ1) is 20.8. The molecule has 0 bridgehead atoms. The molecule has 0 N–H and O–H groups in total. The highest BCUT2D eigenvalue weighted by atomic mass is 35.5. The first-order chi connectivity index (χ1) is 12.7. The number of benzene rings is 2. The fourth-order valence-electron chi connectivity index (χ4n) is 2.25. The van der Waals surface area contributed by atoms with Crippen LogP contribution in [0, 0.1) is 5.82 Å². The molecule has 0 saturated heterocycles. The Hall–Kier alpha value is -2.52. The average Bonchev–Trinajstić information content (AvgIpc) is 2.66. The van der Waals surface area contributed by atoms with Gasteiger partial charge in [0.05, 0.1) is 36.9 Å². The number of ether oxygens (including phenoxy) is 3. The van der Waals surface area contributed by atoms with Crippen LogP contribution in [0.25, 0.3) is 0 Å². The second kappa shape index (κ2) is 8.45. The van der Waals surface area contributed by atoms with E-state index in [1.807, 2.05) is 0 Å². The van der Waals surface area contributed by atoms with E-state index in [1.165, 1.54) is 26.4 Å². The molecule has 0 aliphatic rings. The Balaban J connectivity index is 2.68. The monoisotopic (exact) mass is 417 g/mol. The molecule has 0 aliphatic carbocycles. The molecule has 0 aliphatic heterocycles. The van der Waals surface area contributed by atoms with Crippen molar-refractivity contribution in [3.05, 3.63) is 47.2 Å². The first-order valence-electron chi connectivity index (χ1n) is 7.51. The lowest BCUT2D eigenvalue weighted by molar-refractivity contribution is -0.138. The number of hydrogen-bond acceptors (Lipinski definition) is 6. The van der Waals surface area contributed by atoms with Crippen LogP contribution in [0.3, 0.4) is 0 Å². The van der Waals surface area contributed by atoms with E-state index in [0.717, 1.165) is 35.7 Å². The number of sulfonamides is 1. The van der Waals surface area contributed by atoms with Crippen molar-refractivity contribution in [2.75, 3.05) is 32.2 Å². The summed E-state index contributed by atoms with van der Waals surface area (Å²) in [6.07, 6.45) is 0. The largest absolute Gasteiger partial charge is 0.495 e. The lowest BCUT2D eigenvalue weighted by Crippen LogP contribution is -2.36. The normalized spacial score (nSPS) is 11.0. The zero-order valence-corrected chi connectivity index (χ0v) is 16.3. The summed E-state index contributed by atoms with van der Waals surface area (Å²) in [5.74, 6) is -1.14. The molecule has 0 radical (unpaired) electrons. The maximum Gasteiger partial charge on any atom is 0.326 e. The van der Waals surface area contributed by atoms with Crippen molar-refractivity contribution in [1.82, 2.24) is 0 Å². The molecular weight excluding hydrogens is 401 g/mol. The molecule has 0 saturated carbocycles. The van der Waals surface area contributed by atoms with Gasteiger partial charge in [-0.05, 0) is 24.3 Å². The highest BCUT2D eigenvalue weighted by Crippen LogP contribution is 2.40. The molecule has 0 aromatic heterocycles. The van der Waals surface area contributed by atoms with E-state index in [-0.39, 0.29) is 27.1 Å². The standard InChI is InChI=1S/C17H17ClFNO6S/c1-24-15-9-14(16(25-2)8-13(15)18)20(10-17(21)26-3)27(22,23)12-6-4-11(19)5-7-12/h4-9H,10H2,1-3H3. The molecule has 0 spiro atoms. The van der Waals surface area contributed by atoms with E-state index >= 15 is 0 Å². The molecule has 0 unspecified atom stereocenters. The van der Waals surface area contributed by atoms with Crippen LogP contribution in [-0.2, 0) is 19.6 Å². The SMILES string of the molecule is COC(=O)CN(c1cc(OC)c(Cl)cc1OC)S(=O)(=O)c1ccc(F)cc1. The number of carbonyl (C=O) groups excluding carboxylic acids is 1. The van der Waals surface area contributed by atoms with Crippen LogP contribution in [0.5, 0.6) is 11.5 Å². The Morgan fingerprint density at radius 1 is 1.07 bits per heavy atom. The quantitative estimate of drug-likeness (QED) is 0.644. The van der Waals surface area contributed by atoms with E-state index in [9.17, 15) is 17.6 Å². The Morgan fingerprint density at radius 3 is 2.19 bits per heavy atom. The third kappa shape index (κ3) is 4.42. The molecule has 0 atom stereocenters. The molecule has 10 heteroatoms. The van der Waals surface area contributed by atoms with E-state index in [4.69, 9.17) is 21.1 Å². The van der Waals surface area contributed by atoms with E-state index in [0.29, 0.717) is 0 Å². The van der Waals surface area contributed by atoms with E-state index in [2.05, 4.69) is 4.74 Å². The van der Waals surface area contributed by atoms with Gasteiger partial charge in [-0.3, -0.25) is 9.10 Å². The fourth-order valence-corrected chi connectivity index (χ4v) is 3.90. The van der Waals surface area contributed by atoms with Crippen LogP contribution in [-0.4, -0.2) is 42.3 Å². The Bertz CT molecular complexity index is 933. The zero-order chi connectivity index (χ0) is 20.2. The molecule has 2 aromatic carbocycles. The number of methoxy groups -OCH3 is 3. The fraction of sp³-hybridized carbons (Fsp3) is 0.235. The summed E-state index contributed by atoms with van der Waals surface area (Å²) >= 11 is 6.06. The number of esters is 1. The molecule has 0 heterocycles. The van der Waals surface area contributed by atoms with Crippen molar-refractivity contribution in [1.29, 1.82) is 0 Å². The summed E-state index contributed by atoms with van der Waals surface area (Å²) in [5, 5.41) is 0.190. The van der Waals surface area contributed by atoms with Gasteiger partial charge >= 0.3 is 5.97 Å². The predicted octanol–water partition coefficient (Wildman–Crippen LogP) is 2.86. The second-order valence-corrected chi connectivity index (χ2v) is 7.47. The highest BCUT2D eigenvalue weighted by Gasteiger charge is 2.31. The molecule has 146 valence electrons. The minimum atomic E-state index is -4.26. The molecular formula is C17H17ClFNO6S. The van der Waals surface area contributed by atoms with Gasteiger partial charge in [-0.1, -0.05) is 11.6 Å². The summed E-state index contributed by atoms with van der Waals surface area (Å²) in [6, 6.07) is 6.88. The first-order valence-corrected chi connectivity index (χ1v) is 9.33. The average molecular weight is 418 g/mol.